The molecule has 0 atom stereocenters. The van der Waals surface area contributed by atoms with Crippen molar-refractivity contribution in [2.24, 2.45) is 5.10 Å². The van der Waals surface area contributed by atoms with Gasteiger partial charge in [-0.3, -0.25) is 9.89 Å². The van der Waals surface area contributed by atoms with Gasteiger partial charge in [0.05, 0.1) is 11.9 Å². The van der Waals surface area contributed by atoms with Crippen LogP contribution in [0, 0.1) is 5.82 Å². The molecule has 0 bridgehead atoms. The lowest BCUT2D eigenvalue weighted by molar-refractivity contribution is 0.0949. The molecule has 1 aliphatic rings. The Labute approximate surface area is 143 Å². The molecular weight excluding hydrogens is 319 g/mol. The van der Waals surface area contributed by atoms with Gasteiger partial charge in [-0.1, -0.05) is 36.4 Å². The van der Waals surface area contributed by atoms with E-state index in [0.717, 1.165) is 29.7 Å². The molecule has 0 fully saturated rings. The third-order valence-electron chi connectivity index (χ3n) is 4.24. The molecule has 1 aromatic heterocycles. The normalized spacial score (nSPS) is 12.7. The van der Waals surface area contributed by atoms with E-state index < -0.39 is 0 Å². The fourth-order valence-corrected chi connectivity index (χ4v) is 3.06. The number of halogens is 1. The lowest BCUT2D eigenvalue weighted by Gasteiger charge is -2.15. The molecule has 0 saturated heterocycles. The molecular formula is C19H15FN4O. The van der Waals surface area contributed by atoms with Gasteiger partial charge in [0, 0.05) is 11.1 Å². The van der Waals surface area contributed by atoms with Gasteiger partial charge in [-0.2, -0.15) is 10.2 Å². The van der Waals surface area contributed by atoms with E-state index in [9.17, 15) is 9.18 Å². The van der Waals surface area contributed by atoms with Crippen molar-refractivity contribution in [1.29, 1.82) is 0 Å². The smallest absolute Gasteiger partial charge is 0.272 e. The van der Waals surface area contributed by atoms with E-state index in [-0.39, 0.29) is 11.7 Å². The molecule has 5 nitrogen and oxygen atoms in total. The standard InChI is InChI=1S/C19H15FN4O/c20-14-6-3-4-12(10-14)11-21-24-19(25)18-16-9-8-13-5-1-2-7-15(13)17(16)22-23-18/h1-7,10-11H,8-9H2,(H,22,23)(H,24,25)/b21-11-. The Kier molecular flexibility index (Phi) is 3.85. The molecule has 1 aliphatic carbocycles. The number of hydrogen-bond donors (Lipinski definition) is 2. The zero-order valence-electron chi connectivity index (χ0n) is 13.3. The van der Waals surface area contributed by atoms with Crippen LogP contribution in [0.5, 0.6) is 0 Å². The number of benzene rings is 2. The highest BCUT2D eigenvalue weighted by atomic mass is 19.1. The summed E-state index contributed by atoms with van der Waals surface area (Å²) in [6.45, 7) is 0. The Morgan fingerprint density at radius 2 is 2.08 bits per heavy atom. The third kappa shape index (κ3) is 2.94. The van der Waals surface area contributed by atoms with Crippen molar-refractivity contribution in [1.82, 2.24) is 15.6 Å². The molecule has 0 saturated carbocycles. The number of aromatic nitrogens is 2. The van der Waals surface area contributed by atoms with Crippen molar-refractivity contribution in [2.75, 3.05) is 0 Å². The summed E-state index contributed by atoms with van der Waals surface area (Å²) in [6, 6.07) is 14.0. The second-order valence-corrected chi connectivity index (χ2v) is 5.84. The maximum absolute atomic E-state index is 13.1. The van der Waals surface area contributed by atoms with Gasteiger partial charge in [-0.25, -0.2) is 9.82 Å². The van der Waals surface area contributed by atoms with Crippen LogP contribution in [-0.2, 0) is 12.8 Å². The average Bonchev–Trinajstić information content (AvgIpc) is 3.06. The van der Waals surface area contributed by atoms with Gasteiger partial charge in [0.25, 0.3) is 5.91 Å². The number of aromatic amines is 1. The van der Waals surface area contributed by atoms with Gasteiger partial charge in [0.1, 0.15) is 11.5 Å². The largest absolute Gasteiger partial charge is 0.289 e. The second kappa shape index (κ2) is 6.32. The highest BCUT2D eigenvalue weighted by Crippen LogP contribution is 2.33. The molecule has 25 heavy (non-hydrogen) atoms. The Hall–Kier alpha value is -3.28. The maximum atomic E-state index is 13.1. The molecule has 4 rings (SSSR count). The van der Waals surface area contributed by atoms with Gasteiger partial charge >= 0.3 is 0 Å². The van der Waals surface area contributed by atoms with E-state index in [0.29, 0.717) is 11.3 Å². The molecule has 2 N–H and O–H groups in total. The summed E-state index contributed by atoms with van der Waals surface area (Å²) in [5, 5.41) is 11.0. The number of carbonyl (C=O) groups is 1. The molecule has 0 unspecified atom stereocenters. The van der Waals surface area contributed by atoms with Crippen molar-refractivity contribution < 1.29 is 9.18 Å². The highest BCUT2D eigenvalue weighted by molar-refractivity contribution is 5.96. The number of rotatable bonds is 3. The molecule has 0 spiro atoms. The fourth-order valence-electron chi connectivity index (χ4n) is 3.06. The Bertz CT molecular complexity index is 977. The van der Waals surface area contributed by atoms with E-state index in [2.05, 4.69) is 26.8 Å². The van der Waals surface area contributed by atoms with E-state index >= 15 is 0 Å². The number of fused-ring (bicyclic) bond motifs is 3. The maximum Gasteiger partial charge on any atom is 0.289 e. The number of H-pyrrole nitrogens is 1. The molecule has 2 aromatic carbocycles. The number of hydrogen-bond acceptors (Lipinski definition) is 3. The predicted octanol–water partition coefficient (Wildman–Crippen LogP) is 3.08. The van der Waals surface area contributed by atoms with E-state index in [4.69, 9.17) is 0 Å². The summed E-state index contributed by atoms with van der Waals surface area (Å²) < 4.78 is 13.1. The second-order valence-electron chi connectivity index (χ2n) is 5.84. The van der Waals surface area contributed by atoms with Crippen LogP contribution in [0.25, 0.3) is 11.3 Å². The molecule has 0 radical (unpaired) electrons. The summed E-state index contributed by atoms with van der Waals surface area (Å²) in [5.41, 5.74) is 7.46. The predicted molar refractivity (Wildman–Crippen MR) is 92.9 cm³/mol. The number of amides is 1. The lowest BCUT2D eigenvalue weighted by Crippen LogP contribution is -2.20. The number of hydrazone groups is 1. The highest BCUT2D eigenvalue weighted by Gasteiger charge is 2.24. The first-order valence-electron chi connectivity index (χ1n) is 7.97. The average molecular weight is 334 g/mol. The van der Waals surface area contributed by atoms with Crippen LogP contribution in [0.1, 0.15) is 27.2 Å². The van der Waals surface area contributed by atoms with Gasteiger partial charge < -0.3 is 0 Å². The lowest BCUT2D eigenvalue weighted by atomic mass is 9.89. The summed E-state index contributed by atoms with van der Waals surface area (Å²) in [4.78, 5) is 12.4. The number of nitrogens with zero attached hydrogens (tertiary/aromatic N) is 2. The molecule has 3 aromatic rings. The van der Waals surface area contributed by atoms with E-state index in [1.807, 2.05) is 18.2 Å². The summed E-state index contributed by atoms with van der Waals surface area (Å²) >= 11 is 0. The van der Waals surface area contributed by atoms with Crippen molar-refractivity contribution in [3.05, 3.63) is 76.7 Å². The number of carbonyl (C=O) groups excluding carboxylic acids is 1. The number of aryl methyl sites for hydroxylation is 1. The van der Waals surface area contributed by atoms with Crippen molar-refractivity contribution in [2.45, 2.75) is 12.8 Å². The fraction of sp³-hybridized carbons (Fsp3) is 0.105. The third-order valence-corrected chi connectivity index (χ3v) is 4.24. The van der Waals surface area contributed by atoms with Gasteiger partial charge in [0.2, 0.25) is 0 Å². The van der Waals surface area contributed by atoms with E-state index in [1.54, 1.807) is 12.1 Å². The van der Waals surface area contributed by atoms with Crippen LogP contribution in [-0.4, -0.2) is 22.3 Å². The Morgan fingerprint density at radius 1 is 1.20 bits per heavy atom. The van der Waals surface area contributed by atoms with Crippen molar-refractivity contribution in [3.63, 3.8) is 0 Å². The molecule has 0 aliphatic heterocycles. The molecule has 1 heterocycles. The van der Waals surface area contributed by atoms with Crippen molar-refractivity contribution in [3.8, 4) is 11.3 Å². The van der Waals surface area contributed by atoms with Gasteiger partial charge in [0.15, 0.2) is 0 Å². The molecule has 124 valence electrons. The Balaban J connectivity index is 1.54. The van der Waals surface area contributed by atoms with E-state index in [1.165, 1.54) is 23.9 Å². The Morgan fingerprint density at radius 3 is 2.96 bits per heavy atom. The minimum atomic E-state index is -0.360. The van der Waals surface area contributed by atoms with Gasteiger partial charge in [-0.05, 0) is 36.1 Å². The van der Waals surface area contributed by atoms with Crippen LogP contribution in [0.4, 0.5) is 4.39 Å². The zero-order valence-corrected chi connectivity index (χ0v) is 13.3. The first-order valence-corrected chi connectivity index (χ1v) is 7.97. The zero-order chi connectivity index (χ0) is 17.2. The van der Waals surface area contributed by atoms with Crippen LogP contribution >= 0.6 is 0 Å². The summed E-state index contributed by atoms with van der Waals surface area (Å²) in [7, 11) is 0. The number of nitrogens with one attached hydrogen (secondary N) is 2. The van der Waals surface area contributed by atoms with Crippen LogP contribution in [0.2, 0.25) is 0 Å². The van der Waals surface area contributed by atoms with Crippen LogP contribution in [0.15, 0.2) is 53.6 Å². The molecule has 6 heteroatoms. The van der Waals surface area contributed by atoms with Crippen molar-refractivity contribution >= 4 is 12.1 Å². The summed E-state index contributed by atoms with van der Waals surface area (Å²) in [6.07, 6.45) is 3.02. The quantitative estimate of drug-likeness (QED) is 0.571. The van der Waals surface area contributed by atoms with Crippen LogP contribution in [0.3, 0.4) is 0 Å². The minimum Gasteiger partial charge on any atom is -0.272 e. The van der Waals surface area contributed by atoms with Gasteiger partial charge in [-0.15, -0.1) is 0 Å². The molecule has 1 amide bonds. The SMILES string of the molecule is O=C(N/N=C\c1cccc(F)c1)c1[nH]nc2c1CCc1ccccc1-2. The minimum absolute atomic E-state index is 0.350. The first kappa shape index (κ1) is 15.3. The van der Waals surface area contributed by atoms with Crippen LogP contribution < -0.4 is 5.43 Å². The topological polar surface area (TPSA) is 70.1 Å². The monoisotopic (exact) mass is 334 g/mol. The first-order chi connectivity index (χ1) is 12.2. The summed E-state index contributed by atoms with van der Waals surface area (Å²) in [5.74, 6) is -0.711.